The number of thioether (sulfide) groups is 1. The van der Waals surface area contributed by atoms with E-state index in [2.05, 4.69) is 19.9 Å². The first-order chi connectivity index (χ1) is 16.4. The molecule has 1 aliphatic heterocycles. The van der Waals surface area contributed by atoms with Crippen LogP contribution in [0.5, 0.6) is 17.2 Å². The molecule has 1 heterocycles. The minimum absolute atomic E-state index is 0.0607. The van der Waals surface area contributed by atoms with Gasteiger partial charge in [-0.25, -0.2) is 0 Å². The third-order valence-electron chi connectivity index (χ3n) is 5.22. The summed E-state index contributed by atoms with van der Waals surface area (Å²) >= 11 is 6.60. The number of likely N-dealkylation sites (N-methyl/N-ethyl adjacent to an activating group) is 1. The smallest absolute Gasteiger partial charge is 0.266 e. The van der Waals surface area contributed by atoms with Crippen LogP contribution in [0, 0.1) is 13.8 Å². The highest BCUT2D eigenvalue weighted by Crippen LogP contribution is 2.34. The summed E-state index contributed by atoms with van der Waals surface area (Å²) < 4.78 is 23.6. The number of hydrogen-bond donors (Lipinski definition) is 0. The van der Waals surface area contributed by atoms with Crippen molar-refractivity contribution in [1.82, 2.24) is 4.90 Å². The molecular weight excluding hydrogens is 470 g/mol. The molecule has 0 unspecified atom stereocenters. The molecule has 2 aromatic rings. The van der Waals surface area contributed by atoms with Crippen LogP contribution in [0.25, 0.3) is 6.08 Å². The second kappa shape index (κ2) is 12.8. The number of rotatable bonds is 12. The molecule has 3 rings (SSSR count). The van der Waals surface area contributed by atoms with Crippen LogP contribution >= 0.6 is 24.0 Å². The van der Waals surface area contributed by atoms with Gasteiger partial charge in [0.2, 0.25) is 0 Å². The Morgan fingerprint density at radius 3 is 2.35 bits per heavy atom. The molecule has 1 fully saturated rings. The monoisotopic (exact) mass is 501 g/mol. The van der Waals surface area contributed by atoms with Crippen LogP contribution in [0.3, 0.4) is 0 Å². The fraction of sp³-hybridized carbons (Fsp3) is 0.385. The van der Waals surface area contributed by atoms with Gasteiger partial charge in [-0.05, 0) is 74.7 Å². The number of aryl methyl sites for hydroxylation is 2. The molecule has 0 N–H and O–H groups in total. The molecule has 8 heteroatoms. The zero-order valence-electron chi connectivity index (χ0n) is 20.1. The maximum absolute atomic E-state index is 12.5. The van der Waals surface area contributed by atoms with E-state index in [4.69, 9.17) is 31.2 Å². The van der Waals surface area contributed by atoms with E-state index in [1.165, 1.54) is 22.9 Å². The van der Waals surface area contributed by atoms with Crippen LogP contribution in [-0.2, 0) is 9.53 Å². The van der Waals surface area contributed by atoms with Gasteiger partial charge >= 0.3 is 0 Å². The SMILES string of the molecule is CCOc1cc(/C=C2/SC(=S)N(CC)C2=O)ccc1OCCOCCOc1ccc(C)c(C)c1. The standard InChI is InChI=1S/C26H31NO5S2/c1-5-27-25(28)24(34-26(27)33)17-20-8-10-22(23(16-20)30-6-2)32-14-12-29-11-13-31-21-9-7-18(3)19(4)15-21/h7-10,15-17H,5-6,11-14H2,1-4H3/b24-17+. The number of thiocarbonyl (C=S) groups is 1. The van der Waals surface area contributed by atoms with E-state index in [0.29, 0.717) is 60.3 Å². The molecule has 0 spiro atoms. The molecule has 0 atom stereocenters. The van der Waals surface area contributed by atoms with Crippen molar-refractivity contribution < 1.29 is 23.7 Å². The van der Waals surface area contributed by atoms with Gasteiger partial charge in [0.05, 0.1) is 24.7 Å². The first-order valence-electron chi connectivity index (χ1n) is 11.4. The van der Waals surface area contributed by atoms with Crippen molar-refractivity contribution in [2.45, 2.75) is 27.7 Å². The highest BCUT2D eigenvalue weighted by Gasteiger charge is 2.30. The first-order valence-corrected chi connectivity index (χ1v) is 12.6. The van der Waals surface area contributed by atoms with Gasteiger partial charge in [0.15, 0.2) is 11.5 Å². The van der Waals surface area contributed by atoms with Crippen molar-refractivity contribution in [2.24, 2.45) is 0 Å². The fourth-order valence-corrected chi connectivity index (χ4v) is 4.64. The molecule has 34 heavy (non-hydrogen) atoms. The lowest BCUT2D eigenvalue weighted by molar-refractivity contribution is -0.121. The van der Waals surface area contributed by atoms with Gasteiger partial charge in [-0.3, -0.25) is 9.69 Å². The van der Waals surface area contributed by atoms with E-state index < -0.39 is 0 Å². The zero-order valence-corrected chi connectivity index (χ0v) is 21.7. The lowest BCUT2D eigenvalue weighted by Gasteiger charge is -2.13. The molecule has 0 aromatic heterocycles. The van der Waals surface area contributed by atoms with Crippen LogP contribution in [-0.4, -0.2) is 54.7 Å². The highest BCUT2D eigenvalue weighted by atomic mass is 32.2. The van der Waals surface area contributed by atoms with Crippen LogP contribution < -0.4 is 14.2 Å². The van der Waals surface area contributed by atoms with E-state index in [1.807, 2.05) is 50.3 Å². The van der Waals surface area contributed by atoms with Gasteiger partial charge in [-0.2, -0.15) is 0 Å². The normalized spacial score (nSPS) is 14.7. The molecule has 1 aliphatic rings. The largest absolute Gasteiger partial charge is 0.491 e. The van der Waals surface area contributed by atoms with Crippen molar-refractivity contribution in [1.29, 1.82) is 0 Å². The van der Waals surface area contributed by atoms with E-state index in [0.717, 1.165) is 11.3 Å². The Morgan fingerprint density at radius 2 is 1.68 bits per heavy atom. The molecule has 0 bridgehead atoms. The van der Waals surface area contributed by atoms with Crippen molar-refractivity contribution in [3.63, 3.8) is 0 Å². The van der Waals surface area contributed by atoms with Gasteiger partial charge in [0.1, 0.15) is 23.3 Å². The fourth-order valence-electron chi connectivity index (χ4n) is 3.26. The Hall–Kier alpha value is -2.55. The Balaban J connectivity index is 1.48. The van der Waals surface area contributed by atoms with Crippen molar-refractivity contribution >= 4 is 40.3 Å². The predicted molar refractivity (Wildman–Crippen MR) is 141 cm³/mol. The topological polar surface area (TPSA) is 57.2 Å². The Bertz CT molecular complexity index is 1050. The second-order valence-corrected chi connectivity index (χ2v) is 9.30. The summed E-state index contributed by atoms with van der Waals surface area (Å²) in [6.07, 6.45) is 1.83. The summed E-state index contributed by atoms with van der Waals surface area (Å²) in [4.78, 5) is 14.7. The summed E-state index contributed by atoms with van der Waals surface area (Å²) in [5, 5.41) is 0. The maximum Gasteiger partial charge on any atom is 0.266 e. The molecule has 182 valence electrons. The van der Waals surface area contributed by atoms with Crippen molar-refractivity contribution in [2.75, 3.05) is 39.6 Å². The van der Waals surface area contributed by atoms with Crippen LogP contribution in [0.1, 0.15) is 30.5 Å². The average Bonchev–Trinajstić information content (AvgIpc) is 3.08. The quantitative estimate of drug-likeness (QED) is 0.219. The van der Waals surface area contributed by atoms with Gasteiger partial charge < -0.3 is 18.9 Å². The number of carbonyl (C=O) groups excluding carboxylic acids is 1. The van der Waals surface area contributed by atoms with E-state index in [1.54, 1.807) is 4.90 Å². The van der Waals surface area contributed by atoms with Gasteiger partial charge in [-0.1, -0.05) is 36.1 Å². The third kappa shape index (κ3) is 6.98. The highest BCUT2D eigenvalue weighted by molar-refractivity contribution is 8.26. The van der Waals surface area contributed by atoms with Crippen LogP contribution in [0.4, 0.5) is 0 Å². The summed E-state index contributed by atoms with van der Waals surface area (Å²) in [5.74, 6) is 2.05. The number of ether oxygens (including phenoxy) is 4. The molecule has 2 aromatic carbocycles. The van der Waals surface area contributed by atoms with Gasteiger partial charge in [-0.15, -0.1) is 0 Å². The summed E-state index contributed by atoms with van der Waals surface area (Å²) in [6, 6.07) is 11.7. The lowest BCUT2D eigenvalue weighted by atomic mass is 10.1. The predicted octanol–water partition coefficient (Wildman–Crippen LogP) is 5.40. The molecule has 1 saturated heterocycles. The Labute approximate surface area is 211 Å². The number of hydrogen-bond acceptors (Lipinski definition) is 7. The Kier molecular flexibility index (Phi) is 9.80. The van der Waals surface area contributed by atoms with Crippen molar-refractivity contribution in [3.8, 4) is 17.2 Å². The van der Waals surface area contributed by atoms with E-state index in [-0.39, 0.29) is 5.91 Å². The minimum atomic E-state index is -0.0607. The maximum atomic E-state index is 12.5. The molecule has 6 nitrogen and oxygen atoms in total. The lowest BCUT2D eigenvalue weighted by Crippen LogP contribution is -2.27. The summed E-state index contributed by atoms with van der Waals surface area (Å²) in [5.41, 5.74) is 3.31. The molecule has 1 amide bonds. The second-order valence-electron chi connectivity index (χ2n) is 7.62. The van der Waals surface area contributed by atoms with E-state index in [9.17, 15) is 4.79 Å². The molecule has 0 radical (unpaired) electrons. The molecular formula is C26H31NO5S2. The number of amides is 1. The average molecular weight is 502 g/mol. The van der Waals surface area contributed by atoms with Crippen molar-refractivity contribution in [3.05, 3.63) is 58.0 Å². The van der Waals surface area contributed by atoms with Gasteiger partial charge in [0, 0.05) is 6.54 Å². The first kappa shape index (κ1) is 26.1. The third-order valence-corrected chi connectivity index (χ3v) is 6.59. The van der Waals surface area contributed by atoms with Crippen LogP contribution in [0.15, 0.2) is 41.3 Å². The van der Waals surface area contributed by atoms with Crippen LogP contribution in [0.2, 0.25) is 0 Å². The molecule has 0 aliphatic carbocycles. The molecule has 0 saturated carbocycles. The Morgan fingerprint density at radius 1 is 0.912 bits per heavy atom. The number of carbonyl (C=O) groups is 1. The zero-order chi connectivity index (χ0) is 24.5. The van der Waals surface area contributed by atoms with E-state index >= 15 is 0 Å². The summed E-state index contributed by atoms with van der Waals surface area (Å²) in [7, 11) is 0. The number of nitrogens with zero attached hydrogens (tertiary/aromatic N) is 1. The van der Waals surface area contributed by atoms with Gasteiger partial charge in [0.25, 0.3) is 5.91 Å². The summed E-state index contributed by atoms with van der Waals surface area (Å²) in [6.45, 7) is 10.8. The number of benzene rings is 2. The minimum Gasteiger partial charge on any atom is -0.491 e.